The van der Waals surface area contributed by atoms with Crippen LogP contribution in [0.25, 0.3) is 11.3 Å². The van der Waals surface area contributed by atoms with Gasteiger partial charge in [-0.05, 0) is 17.7 Å². The molecule has 30 heavy (non-hydrogen) atoms. The summed E-state index contributed by atoms with van der Waals surface area (Å²) in [5.41, 5.74) is 2.10. The molecule has 0 saturated carbocycles. The van der Waals surface area contributed by atoms with Crippen LogP contribution in [0.5, 0.6) is 5.75 Å². The quantitative estimate of drug-likeness (QED) is 0.589. The molecule has 0 unspecified atom stereocenters. The molecule has 156 valence electrons. The van der Waals surface area contributed by atoms with Crippen molar-refractivity contribution in [3.8, 4) is 17.0 Å². The molecule has 3 N–H and O–H groups in total. The molecule has 2 heterocycles. The highest BCUT2D eigenvalue weighted by atomic mass is 16.5. The first kappa shape index (κ1) is 20.8. The molecule has 2 amide bonds. The number of hydrogen-bond donors (Lipinski definition) is 3. The Labute approximate surface area is 172 Å². The van der Waals surface area contributed by atoms with Crippen LogP contribution in [0, 0.1) is 0 Å². The second kappa shape index (κ2) is 9.08. The number of methoxy groups -OCH3 is 1. The summed E-state index contributed by atoms with van der Waals surface area (Å²) in [5, 5.41) is 20.7. The molecular weight excluding hydrogens is 390 g/mol. The van der Waals surface area contributed by atoms with Gasteiger partial charge in [-0.3, -0.25) is 19.4 Å². The van der Waals surface area contributed by atoms with Crippen molar-refractivity contribution in [2.24, 2.45) is 0 Å². The third-order valence-corrected chi connectivity index (χ3v) is 4.63. The molecule has 0 fully saturated rings. The lowest BCUT2D eigenvalue weighted by Crippen LogP contribution is -2.43. The van der Waals surface area contributed by atoms with E-state index in [1.54, 1.807) is 13.3 Å². The molecule has 1 aromatic carbocycles. The zero-order valence-electron chi connectivity index (χ0n) is 16.3. The highest BCUT2D eigenvalue weighted by Crippen LogP contribution is 2.23. The monoisotopic (exact) mass is 411 g/mol. The van der Waals surface area contributed by atoms with Crippen molar-refractivity contribution >= 4 is 17.8 Å². The molecule has 1 aliphatic heterocycles. The first-order valence-electron chi connectivity index (χ1n) is 9.19. The van der Waals surface area contributed by atoms with E-state index in [9.17, 15) is 19.5 Å². The Morgan fingerprint density at radius 2 is 1.93 bits per heavy atom. The van der Waals surface area contributed by atoms with E-state index in [-0.39, 0.29) is 25.3 Å². The van der Waals surface area contributed by atoms with Crippen LogP contribution in [-0.4, -0.2) is 58.1 Å². The molecule has 0 bridgehead atoms. The minimum Gasteiger partial charge on any atom is -0.511 e. The molecule has 9 nitrogen and oxygen atoms in total. The average Bonchev–Trinajstić information content (AvgIpc) is 2.75. The van der Waals surface area contributed by atoms with E-state index in [1.807, 2.05) is 36.4 Å². The number of carbonyl (C=O) groups is 3. The standard InChI is InChI=1S/C21H21N3O6/c1-30-15-6-7-16(22-10-15)14-4-2-13(3-5-14)12-24-9-8-17(25)19(21(24)29)20(28)23-11-18(26)27/h2-7,10,25H,8-9,11-12H2,1H3,(H,23,28)(H,26,27). The van der Waals surface area contributed by atoms with Gasteiger partial charge in [0, 0.05) is 25.1 Å². The van der Waals surface area contributed by atoms with Crippen LogP contribution < -0.4 is 10.1 Å². The normalized spacial score (nSPS) is 13.9. The van der Waals surface area contributed by atoms with Gasteiger partial charge in [0.25, 0.3) is 11.8 Å². The van der Waals surface area contributed by atoms with Crippen LogP contribution in [0.3, 0.4) is 0 Å². The first-order valence-corrected chi connectivity index (χ1v) is 9.19. The van der Waals surface area contributed by atoms with Gasteiger partial charge in [-0.2, -0.15) is 0 Å². The molecule has 9 heteroatoms. The zero-order chi connectivity index (χ0) is 21.7. The predicted molar refractivity (Wildman–Crippen MR) is 107 cm³/mol. The van der Waals surface area contributed by atoms with E-state index >= 15 is 0 Å². The van der Waals surface area contributed by atoms with Gasteiger partial charge < -0.3 is 25.2 Å². The Morgan fingerprint density at radius 1 is 1.20 bits per heavy atom. The number of ether oxygens (including phenoxy) is 1. The number of aliphatic hydroxyl groups is 1. The Kier molecular flexibility index (Phi) is 6.31. The number of aromatic nitrogens is 1. The fraction of sp³-hybridized carbons (Fsp3) is 0.238. The number of pyridine rings is 1. The lowest BCUT2D eigenvalue weighted by molar-refractivity contribution is -0.138. The average molecular weight is 411 g/mol. The van der Waals surface area contributed by atoms with Crippen molar-refractivity contribution in [2.45, 2.75) is 13.0 Å². The maximum Gasteiger partial charge on any atom is 0.322 e. The molecule has 0 spiro atoms. The number of rotatable bonds is 7. The predicted octanol–water partition coefficient (Wildman–Crippen LogP) is 1.50. The second-order valence-electron chi connectivity index (χ2n) is 6.66. The van der Waals surface area contributed by atoms with Crippen molar-refractivity contribution in [1.82, 2.24) is 15.2 Å². The summed E-state index contributed by atoms with van der Waals surface area (Å²) in [6.45, 7) is -0.135. The van der Waals surface area contributed by atoms with Crippen LogP contribution in [0.15, 0.2) is 53.9 Å². The number of aliphatic hydroxyl groups excluding tert-OH is 1. The molecular formula is C21H21N3O6. The van der Waals surface area contributed by atoms with Crippen LogP contribution >= 0.6 is 0 Å². The number of amides is 2. The number of nitrogens with zero attached hydrogens (tertiary/aromatic N) is 2. The van der Waals surface area contributed by atoms with Gasteiger partial charge in [-0.1, -0.05) is 24.3 Å². The number of benzene rings is 1. The molecule has 0 saturated heterocycles. The van der Waals surface area contributed by atoms with E-state index < -0.39 is 29.9 Å². The lowest BCUT2D eigenvalue weighted by atomic mass is 10.0. The minimum absolute atomic E-state index is 0.120. The molecule has 1 aliphatic rings. The van der Waals surface area contributed by atoms with Crippen LogP contribution in [0.1, 0.15) is 12.0 Å². The topological polar surface area (TPSA) is 129 Å². The zero-order valence-corrected chi connectivity index (χ0v) is 16.3. The van der Waals surface area contributed by atoms with Crippen molar-refractivity contribution in [2.75, 3.05) is 20.2 Å². The number of hydrogen-bond acceptors (Lipinski definition) is 6. The highest BCUT2D eigenvalue weighted by molar-refractivity contribution is 6.19. The van der Waals surface area contributed by atoms with Crippen molar-refractivity contribution in [3.05, 3.63) is 59.5 Å². The summed E-state index contributed by atoms with van der Waals surface area (Å²) in [6, 6.07) is 11.1. The van der Waals surface area contributed by atoms with Gasteiger partial charge >= 0.3 is 5.97 Å². The minimum atomic E-state index is -1.24. The smallest absolute Gasteiger partial charge is 0.322 e. The van der Waals surface area contributed by atoms with Gasteiger partial charge in [0.2, 0.25) is 0 Å². The van der Waals surface area contributed by atoms with Crippen molar-refractivity contribution < 1.29 is 29.3 Å². The maximum absolute atomic E-state index is 12.7. The third kappa shape index (κ3) is 4.75. The fourth-order valence-corrected chi connectivity index (χ4v) is 3.05. The van der Waals surface area contributed by atoms with Gasteiger partial charge in [0.1, 0.15) is 23.6 Å². The van der Waals surface area contributed by atoms with E-state index in [2.05, 4.69) is 10.3 Å². The first-order chi connectivity index (χ1) is 14.4. The molecule has 0 radical (unpaired) electrons. The third-order valence-electron chi connectivity index (χ3n) is 4.63. The summed E-state index contributed by atoms with van der Waals surface area (Å²) in [6.07, 6.45) is 1.75. The van der Waals surface area contributed by atoms with E-state index in [1.165, 1.54) is 4.90 Å². The van der Waals surface area contributed by atoms with Crippen LogP contribution in [0.4, 0.5) is 0 Å². The molecule has 2 aromatic rings. The second-order valence-corrected chi connectivity index (χ2v) is 6.66. The highest BCUT2D eigenvalue weighted by Gasteiger charge is 2.32. The summed E-state index contributed by atoms with van der Waals surface area (Å²) in [7, 11) is 1.57. The lowest BCUT2D eigenvalue weighted by Gasteiger charge is -2.28. The van der Waals surface area contributed by atoms with Gasteiger partial charge in [0.05, 0.1) is 19.0 Å². The Balaban J connectivity index is 1.69. The number of nitrogens with one attached hydrogen (secondary N) is 1. The number of carboxylic acid groups (broad SMARTS) is 1. The Bertz CT molecular complexity index is 983. The molecule has 0 aliphatic carbocycles. The van der Waals surface area contributed by atoms with Crippen molar-refractivity contribution in [1.29, 1.82) is 0 Å². The number of aliphatic carboxylic acids is 1. The summed E-state index contributed by atoms with van der Waals surface area (Å²) < 4.78 is 5.10. The number of carbonyl (C=O) groups excluding carboxylic acids is 2. The Hall–Kier alpha value is -3.88. The SMILES string of the molecule is COc1ccc(-c2ccc(CN3CCC(O)=C(C(=O)NCC(=O)O)C3=O)cc2)nc1. The van der Waals surface area contributed by atoms with Crippen LogP contribution in [0.2, 0.25) is 0 Å². The molecule has 3 rings (SSSR count). The maximum atomic E-state index is 12.7. The largest absolute Gasteiger partial charge is 0.511 e. The Morgan fingerprint density at radius 3 is 2.53 bits per heavy atom. The van der Waals surface area contributed by atoms with Crippen LogP contribution in [-0.2, 0) is 20.9 Å². The summed E-state index contributed by atoms with van der Waals surface area (Å²) in [4.78, 5) is 41.2. The van der Waals surface area contributed by atoms with Gasteiger partial charge in [-0.15, -0.1) is 0 Å². The van der Waals surface area contributed by atoms with E-state index in [0.29, 0.717) is 5.75 Å². The van der Waals surface area contributed by atoms with Gasteiger partial charge in [-0.25, -0.2) is 0 Å². The fourth-order valence-electron chi connectivity index (χ4n) is 3.05. The summed E-state index contributed by atoms with van der Waals surface area (Å²) >= 11 is 0. The van der Waals surface area contributed by atoms with Gasteiger partial charge in [0.15, 0.2) is 0 Å². The molecule has 0 atom stereocenters. The number of carboxylic acids is 1. The molecule has 1 aromatic heterocycles. The van der Waals surface area contributed by atoms with E-state index in [0.717, 1.165) is 16.8 Å². The van der Waals surface area contributed by atoms with Crippen molar-refractivity contribution in [3.63, 3.8) is 0 Å². The summed E-state index contributed by atoms with van der Waals surface area (Å²) in [5.74, 6) is -2.44. The van der Waals surface area contributed by atoms with E-state index in [4.69, 9.17) is 9.84 Å².